The fourth-order valence-electron chi connectivity index (χ4n) is 3.61. The van der Waals surface area contributed by atoms with Gasteiger partial charge in [-0.15, -0.1) is 0 Å². The number of nitrogens with zero attached hydrogens (tertiary/aromatic N) is 1. The Morgan fingerprint density at radius 1 is 1.28 bits per heavy atom. The molecule has 3 nitrogen and oxygen atoms in total. The van der Waals surface area contributed by atoms with Crippen molar-refractivity contribution >= 4 is 23.6 Å². The van der Waals surface area contributed by atoms with Gasteiger partial charge >= 0.3 is 0 Å². The number of imide groups is 1. The molecule has 4 heteroatoms. The third kappa shape index (κ3) is 2.09. The van der Waals surface area contributed by atoms with Crippen molar-refractivity contribution in [3.63, 3.8) is 0 Å². The highest BCUT2D eigenvalue weighted by molar-refractivity contribution is 7.99. The minimum Gasteiger partial charge on any atom is -0.282 e. The Balaban J connectivity index is 1.61. The fraction of sp³-hybridized carbons (Fsp3) is 0.857. The lowest BCUT2D eigenvalue weighted by Crippen LogP contribution is -2.36. The molecular formula is C14H21NO2S. The summed E-state index contributed by atoms with van der Waals surface area (Å²) in [6.07, 6.45) is 7.64. The van der Waals surface area contributed by atoms with E-state index >= 15 is 0 Å². The molecule has 1 atom stereocenters. The van der Waals surface area contributed by atoms with E-state index in [9.17, 15) is 9.59 Å². The summed E-state index contributed by atoms with van der Waals surface area (Å²) < 4.78 is 0. The molecule has 0 aromatic rings. The van der Waals surface area contributed by atoms with Crippen LogP contribution in [-0.4, -0.2) is 34.8 Å². The molecule has 18 heavy (non-hydrogen) atoms. The maximum atomic E-state index is 12.4. The van der Waals surface area contributed by atoms with E-state index in [-0.39, 0.29) is 17.2 Å². The van der Waals surface area contributed by atoms with Crippen LogP contribution in [0, 0.1) is 11.3 Å². The van der Waals surface area contributed by atoms with Crippen LogP contribution in [0.15, 0.2) is 0 Å². The highest BCUT2D eigenvalue weighted by Gasteiger charge is 2.52. The number of thioether (sulfide) groups is 1. The zero-order valence-corrected chi connectivity index (χ0v) is 11.6. The second-order valence-corrected chi connectivity index (χ2v) is 7.15. The van der Waals surface area contributed by atoms with E-state index in [1.807, 2.05) is 11.8 Å². The second kappa shape index (κ2) is 4.87. The van der Waals surface area contributed by atoms with Crippen molar-refractivity contribution in [2.75, 3.05) is 18.1 Å². The Bertz CT molecular complexity index is 357. The number of carbonyl (C=O) groups excluding carboxylic acids is 2. The number of likely N-dealkylation sites (tertiary alicyclic amines) is 1. The third-order valence-corrected chi connectivity index (χ3v) is 6.08. The van der Waals surface area contributed by atoms with Gasteiger partial charge in [-0.2, -0.15) is 11.8 Å². The van der Waals surface area contributed by atoms with Gasteiger partial charge < -0.3 is 0 Å². The molecule has 2 amide bonds. The first-order valence-electron chi connectivity index (χ1n) is 7.14. The summed E-state index contributed by atoms with van der Waals surface area (Å²) in [7, 11) is 0. The Labute approximate surface area is 113 Å². The summed E-state index contributed by atoms with van der Waals surface area (Å²) in [5, 5.41) is 0. The van der Waals surface area contributed by atoms with Gasteiger partial charge in [0, 0.05) is 18.7 Å². The molecule has 3 rings (SSSR count). The molecule has 0 N–H and O–H groups in total. The minimum atomic E-state index is -0.308. The summed E-state index contributed by atoms with van der Waals surface area (Å²) in [6, 6.07) is 0. The second-order valence-electron chi connectivity index (χ2n) is 6.05. The van der Waals surface area contributed by atoms with Gasteiger partial charge in [-0.1, -0.05) is 25.7 Å². The number of rotatable bonds is 3. The average Bonchev–Trinajstić information content (AvgIpc) is 3.03. The first-order chi connectivity index (χ1) is 8.71. The Hall–Kier alpha value is -0.510. The Morgan fingerprint density at radius 2 is 2.06 bits per heavy atom. The molecule has 1 spiro atoms. The zero-order chi connectivity index (χ0) is 12.6. The Morgan fingerprint density at radius 3 is 2.72 bits per heavy atom. The standard InChI is InChI=1S/C14H21NO2S/c16-12-9-14(6-8-18-10-14)13(17)15(12)7-5-11-3-1-2-4-11/h11H,1-10H2/t14-/m1/s1. The summed E-state index contributed by atoms with van der Waals surface area (Å²) >= 11 is 1.82. The van der Waals surface area contributed by atoms with Gasteiger partial charge in [-0.25, -0.2) is 0 Å². The van der Waals surface area contributed by atoms with Gasteiger partial charge in [0.1, 0.15) is 0 Å². The normalized spacial score (nSPS) is 33.2. The number of hydrogen-bond donors (Lipinski definition) is 0. The molecule has 0 bridgehead atoms. The SMILES string of the molecule is O=C1C[C@@]2(CCSC2)C(=O)N1CCC1CCCC1. The van der Waals surface area contributed by atoms with Crippen LogP contribution in [0.2, 0.25) is 0 Å². The van der Waals surface area contributed by atoms with Crippen LogP contribution in [0.1, 0.15) is 44.9 Å². The number of hydrogen-bond acceptors (Lipinski definition) is 3. The lowest BCUT2D eigenvalue weighted by molar-refractivity contribution is -0.141. The Kier molecular flexibility index (Phi) is 3.39. The van der Waals surface area contributed by atoms with Crippen LogP contribution < -0.4 is 0 Å². The molecule has 3 aliphatic rings. The predicted octanol–water partition coefficient (Wildman–Crippen LogP) is 2.45. The van der Waals surface area contributed by atoms with Crippen LogP contribution >= 0.6 is 11.8 Å². The topological polar surface area (TPSA) is 37.4 Å². The molecule has 0 aromatic carbocycles. The fourth-order valence-corrected chi connectivity index (χ4v) is 5.05. The van der Waals surface area contributed by atoms with E-state index in [1.54, 1.807) is 4.90 Å². The van der Waals surface area contributed by atoms with Crippen LogP contribution in [0.25, 0.3) is 0 Å². The van der Waals surface area contributed by atoms with Crippen LogP contribution in [0.3, 0.4) is 0 Å². The maximum Gasteiger partial charge on any atom is 0.236 e. The number of carbonyl (C=O) groups is 2. The highest BCUT2D eigenvalue weighted by atomic mass is 32.2. The van der Waals surface area contributed by atoms with Gasteiger partial charge in [-0.05, 0) is 24.5 Å². The maximum absolute atomic E-state index is 12.4. The van der Waals surface area contributed by atoms with Crippen molar-refractivity contribution < 1.29 is 9.59 Å². The molecule has 2 heterocycles. The van der Waals surface area contributed by atoms with Crippen molar-refractivity contribution in [2.24, 2.45) is 11.3 Å². The zero-order valence-electron chi connectivity index (χ0n) is 10.8. The quantitative estimate of drug-likeness (QED) is 0.737. The summed E-state index contributed by atoms with van der Waals surface area (Å²) in [5.74, 6) is 2.86. The van der Waals surface area contributed by atoms with Gasteiger partial charge in [0.25, 0.3) is 0 Å². The molecule has 2 aliphatic heterocycles. The molecule has 1 aliphatic carbocycles. The molecule has 100 valence electrons. The summed E-state index contributed by atoms with van der Waals surface area (Å²) in [6.45, 7) is 0.675. The molecule has 3 fully saturated rings. The molecule has 1 saturated carbocycles. The molecule has 0 unspecified atom stereocenters. The van der Waals surface area contributed by atoms with Crippen LogP contribution in [0.5, 0.6) is 0 Å². The molecule has 0 aromatic heterocycles. The first kappa shape index (κ1) is 12.5. The van der Waals surface area contributed by atoms with Gasteiger partial charge in [0.15, 0.2) is 0 Å². The largest absolute Gasteiger partial charge is 0.282 e. The van der Waals surface area contributed by atoms with Crippen molar-refractivity contribution in [2.45, 2.75) is 44.9 Å². The van der Waals surface area contributed by atoms with Crippen LogP contribution in [0.4, 0.5) is 0 Å². The minimum absolute atomic E-state index is 0.0838. The summed E-state index contributed by atoms with van der Waals surface area (Å²) in [4.78, 5) is 26.1. The predicted molar refractivity (Wildman–Crippen MR) is 72.3 cm³/mol. The van der Waals surface area contributed by atoms with Crippen molar-refractivity contribution in [3.8, 4) is 0 Å². The van der Waals surface area contributed by atoms with E-state index in [0.29, 0.717) is 13.0 Å². The monoisotopic (exact) mass is 267 g/mol. The molecular weight excluding hydrogens is 246 g/mol. The lowest BCUT2D eigenvalue weighted by atomic mass is 9.86. The summed E-state index contributed by atoms with van der Waals surface area (Å²) in [5.41, 5.74) is -0.308. The van der Waals surface area contributed by atoms with Crippen molar-refractivity contribution in [3.05, 3.63) is 0 Å². The lowest BCUT2D eigenvalue weighted by Gasteiger charge is -2.21. The van der Waals surface area contributed by atoms with Crippen LogP contribution in [-0.2, 0) is 9.59 Å². The third-order valence-electron chi connectivity index (χ3n) is 4.83. The van der Waals surface area contributed by atoms with Gasteiger partial charge in [0.2, 0.25) is 11.8 Å². The van der Waals surface area contributed by atoms with E-state index in [1.165, 1.54) is 25.7 Å². The highest BCUT2D eigenvalue weighted by Crippen LogP contribution is 2.45. The average molecular weight is 267 g/mol. The van der Waals surface area contributed by atoms with Gasteiger partial charge in [-0.3, -0.25) is 14.5 Å². The van der Waals surface area contributed by atoms with E-state index in [4.69, 9.17) is 0 Å². The van der Waals surface area contributed by atoms with E-state index in [0.717, 1.165) is 30.3 Å². The van der Waals surface area contributed by atoms with Crippen molar-refractivity contribution in [1.29, 1.82) is 0 Å². The number of amides is 2. The smallest absolute Gasteiger partial charge is 0.236 e. The first-order valence-corrected chi connectivity index (χ1v) is 8.29. The van der Waals surface area contributed by atoms with Gasteiger partial charge in [0.05, 0.1) is 5.41 Å². The molecule has 0 radical (unpaired) electrons. The van der Waals surface area contributed by atoms with E-state index in [2.05, 4.69) is 0 Å². The van der Waals surface area contributed by atoms with E-state index < -0.39 is 0 Å². The molecule has 2 saturated heterocycles. The van der Waals surface area contributed by atoms with Crippen molar-refractivity contribution in [1.82, 2.24) is 4.90 Å².